The number of fused-ring (bicyclic) bond motifs is 1. The first-order chi connectivity index (χ1) is 16.7. The highest BCUT2D eigenvalue weighted by atomic mass is 16.3. The first-order valence-electron chi connectivity index (χ1n) is 13.3. The minimum Gasteiger partial charge on any atom is -0.392 e. The molecule has 0 aliphatic heterocycles. The zero-order valence-corrected chi connectivity index (χ0v) is 20.7. The normalized spacial score (nSPS) is 13.2. The molecule has 0 bridgehead atoms. The molecular formula is C29H41N3O2. The number of hydrogen-bond acceptors (Lipinski definition) is 4. The molecule has 5 heteroatoms. The van der Waals surface area contributed by atoms with E-state index in [2.05, 4.69) is 17.2 Å². The van der Waals surface area contributed by atoms with Gasteiger partial charge in [-0.15, -0.1) is 5.10 Å². The Balaban J connectivity index is 1.50. The second-order valence-electron chi connectivity index (χ2n) is 9.52. The summed E-state index contributed by atoms with van der Waals surface area (Å²) in [5, 5.41) is 19.3. The quantitative estimate of drug-likeness (QED) is 0.232. The monoisotopic (exact) mass is 463 g/mol. The van der Waals surface area contributed by atoms with Crippen molar-refractivity contribution in [2.24, 2.45) is 5.92 Å². The van der Waals surface area contributed by atoms with Crippen LogP contribution in [-0.4, -0.2) is 32.1 Å². The van der Waals surface area contributed by atoms with Gasteiger partial charge in [-0.1, -0.05) is 125 Å². The van der Waals surface area contributed by atoms with Crippen molar-refractivity contribution in [1.82, 2.24) is 15.0 Å². The summed E-state index contributed by atoms with van der Waals surface area (Å²) in [5.41, 5.74) is 2.42. The summed E-state index contributed by atoms with van der Waals surface area (Å²) in [6, 6.07) is 17.4. The van der Waals surface area contributed by atoms with Gasteiger partial charge in [0.1, 0.15) is 5.52 Å². The molecule has 2 unspecified atom stereocenters. The lowest BCUT2D eigenvalue weighted by molar-refractivity contribution is 0.0550. The van der Waals surface area contributed by atoms with Crippen molar-refractivity contribution >= 4 is 16.9 Å². The fourth-order valence-corrected chi connectivity index (χ4v) is 4.66. The summed E-state index contributed by atoms with van der Waals surface area (Å²) in [5.74, 6) is -0.733. The number of carbonyl (C=O) groups excluding carboxylic acids is 1. The number of benzene rings is 2. The van der Waals surface area contributed by atoms with Crippen LogP contribution in [0.5, 0.6) is 0 Å². The summed E-state index contributed by atoms with van der Waals surface area (Å²) >= 11 is 0. The van der Waals surface area contributed by atoms with E-state index in [1.54, 1.807) is 0 Å². The highest BCUT2D eigenvalue weighted by Crippen LogP contribution is 2.22. The molecule has 1 N–H and O–H groups in total. The molecule has 0 aliphatic carbocycles. The Hall–Kier alpha value is -2.53. The number of aliphatic hydroxyl groups is 1. The molecule has 2 atom stereocenters. The molecule has 0 aliphatic rings. The summed E-state index contributed by atoms with van der Waals surface area (Å²) in [7, 11) is 0. The molecule has 1 heterocycles. The van der Waals surface area contributed by atoms with Crippen LogP contribution in [0.15, 0.2) is 54.6 Å². The molecule has 0 saturated carbocycles. The zero-order valence-electron chi connectivity index (χ0n) is 20.7. The standard InChI is InChI=1S/C29H41N3O2/c1-2-3-4-5-6-7-8-9-10-11-15-22-28(33)25(23-24-18-13-12-14-19-24)29(34)32-27-21-17-16-20-26(27)30-31-32/h12-14,16-21,25,28,33H,2-11,15,22-23H2,1H3. The fraction of sp³-hybridized carbons (Fsp3) is 0.552. The van der Waals surface area contributed by atoms with E-state index in [-0.39, 0.29) is 5.91 Å². The number of rotatable bonds is 16. The van der Waals surface area contributed by atoms with Crippen LogP contribution in [0.3, 0.4) is 0 Å². The molecule has 1 aromatic heterocycles. The molecule has 0 fully saturated rings. The SMILES string of the molecule is CCCCCCCCCCCCCC(O)C(Cc1ccccc1)C(=O)n1nnc2ccccc21. The first-order valence-corrected chi connectivity index (χ1v) is 13.3. The largest absolute Gasteiger partial charge is 0.392 e. The highest BCUT2D eigenvalue weighted by Gasteiger charge is 2.29. The number of carbonyl (C=O) groups is 1. The molecule has 184 valence electrons. The van der Waals surface area contributed by atoms with E-state index in [1.165, 1.54) is 62.5 Å². The van der Waals surface area contributed by atoms with Gasteiger partial charge in [0.05, 0.1) is 17.5 Å². The Labute approximate surface area is 204 Å². The summed E-state index contributed by atoms with van der Waals surface area (Å²) < 4.78 is 1.37. The maximum Gasteiger partial charge on any atom is 0.254 e. The maximum absolute atomic E-state index is 13.5. The number of aliphatic hydroxyl groups excluding tert-OH is 1. The smallest absolute Gasteiger partial charge is 0.254 e. The molecule has 0 spiro atoms. The van der Waals surface area contributed by atoms with Crippen LogP contribution >= 0.6 is 0 Å². The van der Waals surface area contributed by atoms with Crippen molar-refractivity contribution in [2.75, 3.05) is 0 Å². The number of para-hydroxylation sites is 1. The van der Waals surface area contributed by atoms with Crippen LogP contribution in [-0.2, 0) is 6.42 Å². The Morgan fingerprint density at radius 2 is 1.41 bits per heavy atom. The fourth-order valence-electron chi connectivity index (χ4n) is 4.66. The highest BCUT2D eigenvalue weighted by molar-refractivity contribution is 5.90. The average molecular weight is 464 g/mol. The molecule has 0 saturated heterocycles. The number of aromatic nitrogens is 3. The third-order valence-electron chi connectivity index (χ3n) is 6.74. The van der Waals surface area contributed by atoms with Crippen LogP contribution in [0.4, 0.5) is 0 Å². The van der Waals surface area contributed by atoms with Gasteiger partial charge in [0.15, 0.2) is 0 Å². The Morgan fingerprint density at radius 3 is 2.09 bits per heavy atom. The van der Waals surface area contributed by atoms with E-state index < -0.39 is 12.0 Å². The van der Waals surface area contributed by atoms with Crippen molar-refractivity contribution in [1.29, 1.82) is 0 Å². The second kappa shape index (κ2) is 14.7. The van der Waals surface area contributed by atoms with E-state index in [9.17, 15) is 9.90 Å². The zero-order chi connectivity index (χ0) is 24.0. The minimum absolute atomic E-state index is 0.187. The lowest BCUT2D eigenvalue weighted by Crippen LogP contribution is -2.34. The Kier molecular flexibility index (Phi) is 11.3. The Morgan fingerprint density at radius 1 is 0.824 bits per heavy atom. The van der Waals surface area contributed by atoms with Gasteiger partial charge >= 0.3 is 0 Å². The van der Waals surface area contributed by atoms with Crippen molar-refractivity contribution in [3.63, 3.8) is 0 Å². The molecule has 0 radical (unpaired) electrons. The van der Waals surface area contributed by atoms with Crippen molar-refractivity contribution in [2.45, 2.75) is 96.5 Å². The van der Waals surface area contributed by atoms with Crippen LogP contribution in [0.25, 0.3) is 11.0 Å². The topological polar surface area (TPSA) is 68.0 Å². The Bertz CT molecular complexity index is 970. The van der Waals surface area contributed by atoms with Gasteiger partial charge in [0, 0.05) is 0 Å². The minimum atomic E-state index is -0.700. The van der Waals surface area contributed by atoms with Gasteiger partial charge in [-0.05, 0) is 30.5 Å². The summed E-state index contributed by atoms with van der Waals surface area (Å²) in [4.78, 5) is 13.5. The van der Waals surface area contributed by atoms with Gasteiger partial charge in [-0.3, -0.25) is 4.79 Å². The summed E-state index contributed by atoms with van der Waals surface area (Å²) in [6.07, 6.45) is 14.4. The lowest BCUT2D eigenvalue weighted by Gasteiger charge is -2.22. The van der Waals surface area contributed by atoms with E-state index >= 15 is 0 Å². The molecular weight excluding hydrogens is 422 g/mol. The average Bonchev–Trinajstić information content (AvgIpc) is 3.30. The number of hydrogen-bond donors (Lipinski definition) is 1. The molecule has 5 nitrogen and oxygen atoms in total. The molecule has 3 aromatic rings. The van der Waals surface area contributed by atoms with Crippen molar-refractivity contribution in [3.05, 3.63) is 60.2 Å². The summed E-state index contributed by atoms with van der Waals surface area (Å²) in [6.45, 7) is 2.26. The molecule has 3 rings (SSSR count). The molecule has 0 amide bonds. The number of nitrogens with zero attached hydrogens (tertiary/aromatic N) is 3. The predicted octanol–water partition coefficient (Wildman–Crippen LogP) is 6.99. The van der Waals surface area contributed by atoms with Crippen molar-refractivity contribution in [3.8, 4) is 0 Å². The molecule has 34 heavy (non-hydrogen) atoms. The van der Waals surface area contributed by atoms with Gasteiger partial charge in [-0.25, -0.2) is 0 Å². The van der Waals surface area contributed by atoms with Crippen LogP contribution in [0, 0.1) is 5.92 Å². The van der Waals surface area contributed by atoms with E-state index in [4.69, 9.17) is 0 Å². The predicted molar refractivity (Wildman–Crippen MR) is 139 cm³/mol. The van der Waals surface area contributed by atoms with Gasteiger partial charge in [-0.2, -0.15) is 4.68 Å². The first kappa shape index (κ1) is 26.1. The van der Waals surface area contributed by atoms with Crippen LogP contribution in [0.2, 0.25) is 0 Å². The molecule has 2 aromatic carbocycles. The lowest BCUT2D eigenvalue weighted by atomic mass is 9.90. The van der Waals surface area contributed by atoms with E-state index in [1.807, 2.05) is 54.6 Å². The van der Waals surface area contributed by atoms with E-state index in [0.29, 0.717) is 23.9 Å². The third kappa shape index (κ3) is 8.05. The number of unbranched alkanes of at least 4 members (excludes halogenated alkanes) is 10. The maximum atomic E-state index is 13.5. The third-order valence-corrected chi connectivity index (χ3v) is 6.74. The van der Waals surface area contributed by atoms with Gasteiger partial charge < -0.3 is 5.11 Å². The van der Waals surface area contributed by atoms with Gasteiger partial charge in [0.25, 0.3) is 5.91 Å². The van der Waals surface area contributed by atoms with Crippen LogP contribution in [0.1, 0.15) is 94.3 Å². The van der Waals surface area contributed by atoms with Crippen LogP contribution < -0.4 is 0 Å². The van der Waals surface area contributed by atoms with E-state index in [0.717, 1.165) is 18.4 Å². The van der Waals surface area contributed by atoms with Gasteiger partial charge in [0.2, 0.25) is 0 Å². The second-order valence-corrected chi connectivity index (χ2v) is 9.52. The van der Waals surface area contributed by atoms with Crippen molar-refractivity contribution < 1.29 is 9.90 Å².